The molecule has 2 aliphatic rings. The molecular formula is C22H32N2O4. The summed E-state index contributed by atoms with van der Waals surface area (Å²) >= 11 is 0. The van der Waals surface area contributed by atoms with Crippen LogP contribution < -0.4 is 10.6 Å². The Morgan fingerprint density at radius 3 is 2.64 bits per heavy atom. The number of amides is 1. The number of carbonyl (C=O) groups is 2. The second-order valence-corrected chi connectivity index (χ2v) is 8.53. The van der Waals surface area contributed by atoms with Crippen LogP contribution in [0.3, 0.4) is 0 Å². The van der Waals surface area contributed by atoms with Crippen molar-refractivity contribution in [3.8, 4) is 0 Å². The van der Waals surface area contributed by atoms with Crippen LogP contribution in [-0.4, -0.2) is 40.8 Å². The van der Waals surface area contributed by atoms with Gasteiger partial charge in [0.25, 0.3) is 0 Å². The van der Waals surface area contributed by atoms with Crippen LogP contribution in [0.25, 0.3) is 0 Å². The maximum atomic E-state index is 12.5. The van der Waals surface area contributed by atoms with E-state index >= 15 is 0 Å². The minimum Gasteiger partial charge on any atom is -0.481 e. The predicted molar refractivity (Wildman–Crippen MR) is 107 cm³/mol. The van der Waals surface area contributed by atoms with E-state index in [0.717, 1.165) is 31.2 Å². The summed E-state index contributed by atoms with van der Waals surface area (Å²) in [7, 11) is 0. The van der Waals surface area contributed by atoms with Crippen molar-refractivity contribution in [1.82, 2.24) is 10.6 Å². The number of fused-ring (bicyclic) bond motifs is 2. The molecular weight excluding hydrogens is 356 g/mol. The third-order valence-corrected chi connectivity index (χ3v) is 6.69. The molecule has 0 radical (unpaired) electrons. The molecule has 0 aromatic heterocycles. The van der Waals surface area contributed by atoms with Crippen LogP contribution in [0.5, 0.6) is 0 Å². The molecule has 28 heavy (non-hydrogen) atoms. The van der Waals surface area contributed by atoms with E-state index in [1.165, 1.54) is 0 Å². The Morgan fingerprint density at radius 1 is 1.21 bits per heavy atom. The summed E-state index contributed by atoms with van der Waals surface area (Å²) in [5, 5.41) is 26.1. The SMILES string of the molecule is CC[C@@]1(C(=O)O)CC2CCC(NC(=O)C(O)CNCc3ccccc3)C(C2)C1. The number of benzene rings is 1. The molecule has 2 fully saturated rings. The molecule has 3 rings (SSSR count). The van der Waals surface area contributed by atoms with Crippen LogP contribution in [0.4, 0.5) is 0 Å². The number of hydrogen-bond donors (Lipinski definition) is 4. The van der Waals surface area contributed by atoms with Gasteiger partial charge < -0.3 is 20.8 Å². The number of aliphatic hydroxyl groups is 1. The number of aliphatic hydroxyl groups excluding tert-OH is 1. The van der Waals surface area contributed by atoms with E-state index in [1.54, 1.807) is 0 Å². The third kappa shape index (κ3) is 4.73. The van der Waals surface area contributed by atoms with E-state index in [1.807, 2.05) is 37.3 Å². The summed E-state index contributed by atoms with van der Waals surface area (Å²) in [5.74, 6) is -0.466. The molecule has 4 unspecified atom stereocenters. The van der Waals surface area contributed by atoms with Gasteiger partial charge >= 0.3 is 5.97 Å². The van der Waals surface area contributed by atoms with Gasteiger partial charge in [0.2, 0.25) is 5.91 Å². The van der Waals surface area contributed by atoms with E-state index in [4.69, 9.17) is 0 Å². The van der Waals surface area contributed by atoms with Crippen LogP contribution in [0.15, 0.2) is 30.3 Å². The van der Waals surface area contributed by atoms with Crippen molar-refractivity contribution in [2.75, 3.05) is 6.54 Å². The maximum absolute atomic E-state index is 12.5. The Balaban J connectivity index is 1.51. The molecule has 0 saturated heterocycles. The molecule has 6 nitrogen and oxygen atoms in total. The number of rotatable bonds is 8. The molecule has 2 aliphatic carbocycles. The Labute approximate surface area is 166 Å². The Bertz CT molecular complexity index is 680. The lowest BCUT2D eigenvalue weighted by Gasteiger charge is -2.48. The summed E-state index contributed by atoms with van der Waals surface area (Å²) in [5.41, 5.74) is 0.438. The van der Waals surface area contributed by atoms with E-state index in [-0.39, 0.29) is 24.4 Å². The highest BCUT2D eigenvalue weighted by atomic mass is 16.4. The lowest BCUT2D eigenvalue weighted by molar-refractivity contribution is -0.155. The lowest BCUT2D eigenvalue weighted by Crippen LogP contribution is -2.53. The highest BCUT2D eigenvalue weighted by Crippen LogP contribution is 2.50. The highest BCUT2D eigenvalue weighted by molar-refractivity contribution is 5.81. The quantitative estimate of drug-likeness (QED) is 0.548. The Morgan fingerprint density at radius 2 is 1.96 bits per heavy atom. The van der Waals surface area contributed by atoms with Gasteiger partial charge in [0, 0.05) is 19.1 Å². The van der Waals surface area contributed by atoms with E-state index in [0.29, 0.717) is 25.3 Å². The summed E-state index contributed by atoms with van der Waals surface area (Å²) in [4.78, 5) is 24.3. The first-order chi connectivity index (χ1) is 13.4. The zero-order chi connectivity index (χ0) is 20.1. The van der Waals surface area contributed by atoms with Crippen molar-refractivity contribution in [2.24, 2.45) is 17.3 Å². The first-order valence-electron chi connectivity index (χ1n) is 10.4. The fourth-order valence-corrected chi connectivity index (χ4v) is 5.04. The van der Waals surface area contributed by atoms with Gasteiger partial charge in [0.05, 0.1) is 5.41 Å². The molecule has 6 heteroatoms. The van der Waals surface area contributed by atoms with Gasteiger partial charge in [0.15, 0.2) is 0 Å². The molecule has 1 amide bonds. The average Bonchev–Trinajstić information content (AvgIpc) is 2.70. The number of aliphatic carboxylic acids is 1. The minimum absolute atomic E-state index is 0.0434. The van der Waals surface area contributed by atoms with Crippen molar-refractivity contribution in [3.05, 3.63) is 35.9 Å². The number of carbonyl (C=O) groups excluding carboxylic acids is 1. The van der Waals surface area contributed by atoms with Crippen molar-refractivity contribution in [1.29, 1.82) is 0 Å². The van der Waals surface area contributed by atoms with Crippen LogP contribution in [0, 0.1) is 17.3 Å². The summed E-state index contributed by atoms with van der Waals surface area (Å²) < 4.78 is 0. The van der Waals surface area contributed by atoms with Gasteiger partial charge in [-0.2, -0.15) is 0 Å². The second-order valence-electron chi connectivity index (χ2n) is 8.53. The zero-order valence-electron chi connectivity index (χ0n) is 16.6. The van der Waals surface area contributed by atoms with E-state index < -0.39 is 17.5 Å². The van der Waals surface area contributed by atoms with Gasteiger partial charge in [0.1, 0.15) is 6.10 Å². The van der Waals surface area contributed by atoms with Gasteiger partial charge in [-0.3, -0.25) is 9.59 Å². The molecule has 2 bridgehead atoms. The largest absolute Gasteiger partial charge is 0.481 e. The minimum atomic E-state index is -1.11. The van der Waals surface area contributed by atoms with E-state index in [2.05, 4.69) is 10.6 Å². The van der Waals surface area contributed by atoms with Crippen molar-refractivity contribution in [2.45, 2.75) is 64.1 Å². The monoisotopic (exact) mass is 388 g/mol. The Hall–Kier alpha value is -1.92. The number of nitrogens with one attached hydrogen (secondary N) is 2. The fourth-order valence-electron chi connectivity index (χ4n) is 5.04. The molecule has 4 N–H and O–H groups in total. The standard InChI is InChI=1S/C22H32N2O4/c1-2-22(21(27)28)11-16-8-9-18(17(10-16)12-22)24-20(26)19(25)14-23-13-15-6-4-3-5-7-15/h3-7,16-19,23,25H,2,8-14H2,1H3,(H,24,26)(H,27,28)/t16?,17?,18?,19?,22-/m1/s1. The van der Waals surface area contributed by atoms with E-state index in [9.17, 15) is 19.8 Å². The summed E-state index contributed by atoms with van der Waals surface area (Å²) in [6, 6.07) is 9.79. The topological polar surface area (TPSA) is 98.7 Å². The summed E-state index contributed by atoms with van der Waals surface area (Å²) in [6.07, 6.45) is 3.67. The second kappa shape index (κ2) is 9.05. The Kier molecular flexibility index (Phi) is 6.73. The fraction of sp³-hybridized carbons (Fsp3) is 0.636. The maximum Gasteiger partial charge on any atom is 0.309 e. The van der Waals surface area contributed by atoms with Gasteiger partial charge in [-0.1, -0.05) is 37.3 Å². The number of hydrogen-bond acceptors (Lipinski definition) is 4. The number of carboxylic acids is 1. The smallest absolute Gasteiger partial charge is 0.309 e. The van der Waals surface area contributed by atoms with Gasteiger partial charge in [-0.05, 0) is 55.9 Å². The van der Waals surface area contributed by atoms with Crippen LogP contribution >= 0.6 is 0 Å². The third-order valence-electron chi connectivity index (χ3n) is 6.69. The van der Waals surface area contributed by atoms with Gasteiger partial charge in [-0.15, -0.1) is 0 Å². The summed E-state index contributed by atoms with van der Waals surface area (Å²) in [6.45, 7) is 2.73. The zero-order valence-corrected chi connectivity index (χ0v) is 16.6. The highest BCUT2D eigenvalue weighted by Gasteiger charge is 2.49. The van der Waals surface area contributed by atoms with Crippen molar-refractivity contribution >= 4 is 11.9 Å². The molecule has 2 saturated carbocycles. The molecule has 1 aromatic carbocycles. The van der Waals surface area contributed by atoms with Crippen LogP contribution in [0.1, 0.15) is 51.0 Å². The molecule has 154 valence electrons. The normalized spacial score (nSPS) is 30.4. The predicted octanol–water partition coefficient (Wildman–Crippen LogP) is 2.31. The lowest BCUT2D eigenvalue weighted by atomic mass is 9.58. The molecule has 1 aromatic rings. The molecule has 0 spiro atoms. The number of carboxylic acid groups (broad SMARTS) is 1. The first-order valence-corrected chi connectivity index (χ1v) is 10.4. The molecule has 0 aliphatic heterocycles. The van der Waals surface area contributed by atoms with Crippen molar-refractivity contribution in [3.63, 3.8) is 0 Å². The van der Waals surface area contributed by atoms with Gasteiger partial charge in [-0.25, -0.2) is 0 Å². The first kappa shape index (κ1) is 20.8. The molecule has 5 atom stereocenters. The van der Waals surface area contributed by atoms with Crippen LogP contribution in [0.2, 0.25) is 0 Å². The van der Waals surface area contributed by atoms with Crippen molar-refractivity contribution < 1.29 is 19.8 Å². The van der Waals surface area contributed by atoms with Crippen LogP contribution in [-0.2, 0) is 16.1 Å². The molecule has 0 heterocycles. The average molecular weight is 389 g/mol.